The Kier molecular flexibility index (Phi) is 5.31. The Bertz CT molecular complexity index is 442. The van der Waals surface area contributed by atoms with E-state index in [0.29, 0.717) is 0 Å². The Morgan fingerprint density at radius 3 is 2.35 bits per heavy atom. The lowest BCUT2D eigenvalue weighted by Crippen LogP contribution is -2.50. The minimum absolute atomic E-state index is 0.0760. The van der Waals surface area contributed by atoms with E-state index in [2.05, 4.69) is 11.9 Å². The van der Waals surface area contributed by atoms with E-state index in [9.17, 15) is 4.79 Å². The van der Waals surface area contributed by atoms with E-state index in [-0.39, 0.29) is 5.91 Å². The van der Waals surface area contributed by atoms with Gasteiger partial charge in [0, 0.05) is 31.1 Å². The van der Waals surface area contributed by atoms with Crippen molar-refractivity contribution < 1.29 is 9.53 Å². The van der Waals surface area contributed by atoms with E-state index >= 15 is 0 Å². The Hall–Kier alpha value is -1.20. The van der Waals surface area contributed by atoms with E-state index in [0.717, 1.165) is 31.9 Å². The van der Waals surface area contributed by atoms with Crippen LogP contribution in [0.1, 0.15) is 6.92 Å². The molecule has 2 rings (SSSR count). The summed E-state index contributed by atoms with van der Waals surface area (Å²) in [5.41, 5.74) is 0. The number of rotatable bonds is 4. The van der Waals surface area contributed by atoms with Gasteiger partial charge in [-0.2, -0.15) is 0 Å². The van der Waals surface area contributed by atoms with Crippen LogP contribution in [0.4, 0.5) is 0 Å². The van der Waals surface area contributed by atoms with Gasteiger partial charge in [0.05, 0.1) is 0 Å². The first-order valence-electron chi connectivity index (χ1n) is 6.88. The van der Waals surface area contributed by atoms with E-state index in [1.165, 1.54) is 4.90 Å². The van der Waals surface area contributed by atoms with Crippen molar-refractivity contribution >= 4 is 17.7 Å². The fourth-order valence-corrected chi connectivity index (χ4v) is 2.60. The summed E-state index contributed by atoms with van der Waals surface area (Å²) in [6.07, 6.45) is 1.61. The minimum atomic E-state index is -0.432. The van der Waals surface area contributed by atoms with Gasteiger partial charge in [-0.3, -0.25) is 4.79 Å². The number of thioether (sulfide) groups is 1. The lowest BCUT2D eigenvalue weighted by atomic mass is 10.2. The molecule has 1 aromatic rings. The van der Waals surface area contributed by atoms with Crippen LogP contribution in [0.2, 0.25) is 0 Å². The molecule has 0 saturated carbocycles. The van der Waals surface area contributed by atoms with Gasteiger partial charge in [0.1, 0.15) is 5.75 Å². The second-order valence-electron chi connectivity index (χ2n) is 5.06. The number of nitrogens with zero attached hydrogens (tertiary/aromatic N) is 2. The zero-order valence-electron chi connectivity index (χ0n) is 12.3. The summed E-state index contributed by atoms with van der Waals surface area (Å²) in [4.78, 5) is 17.6. The minimum Gasteiger partial charge on any atom is -0.481 e. The third kappa shape index (κ3) is 3.90. The SMILES string of the molecule is CSc1ccc(OC(C)C(=O)N2CCN(C)CC2)cc1. The Morgan fingerprint density at radius 1 is 1.20 bits per heavy atom. The normalized spacial score (nSPS) is 17.9. The first-order valence-corrected chi connectivity index (χ1v) is 8.10. The molecule has 1 aliphatic rings. The molecule has 0 bridgehead atoms. The van der Waals surface area contributed by atoms with Crippen LogP contribution in [0, 0.1) is 0 Å². The number of carbonyl (C=O) groups excluding carboxylic acids is 1. The Labute approximate surface area is 125 Å². The largest absolute Gasteiger partial charge is 0.481 e. The number of piperazine rings is 1. The van der Waals surface area contributed by atoms with Crippen molar-refractivity contribution in [1.29, 1.82) is 0 Å². The molecule has 1 unspecified atom stereocenters. The second-order valence-corrected chi connectivity index (χ2v) is 5.94. The van der Waals surface area contributed by atoms with E-state index < -0.39 is 6.10 Å². The average Bonchev–Trinajstić information content (AvgIpc) is 2.48. The number of hydrogen-bond donors (Lipinski definition) is 0. The molecule has 1 aliphatic heterocycles. The average molecular weight is 294 g/mol. The molecule has 1 saturated heterocycles. The van der Waals surface area contributed by atoms with E-state index in [1.54, 1.807) is 11.8 Å². The van der Waals surface area contributed by atoms with Gasteiger partial charge < -0.3 is 14.5 Å². The summed E-state index contributed by atoms with van der Waals surface area (Å²) in [7, 11) is 2.08. The van der Waals surface area contributed by atoms with Gasteiger partial charge in [-0.25, -0.2) is 0 Å². The van der Waals surface area contributed by atoms with Gasteiger partial charge in [0.2, 0.25) is 0 Å². The lowest BCUT2D eigenvalue weighted by molar-refractivity contribution is -0.139. The molecular weight excluding hydrogens is 272 g/mol. The third-order valence-corrected chi connectivity index (χ3v) is 4.28. The second kappa shape index (κ2) is 6.99. The predicted octanol–water partition coefficient (Wildman–Crippen LogP) is 1.95. The quantitative estimate of drug-likeness (QED) is 0.795. The summed E-state index contributed by atoms with van der Waals surface area (Å²) >= 11 is 1.69. The van der Waals surface area contributed by atoms with Crippen LogP contribution >= 0.6 is 11.8 Å². The molecule has 1 atom stereocenters. The summed E-state index contributed by atoms with van der Waals surface area (Å²) in [5.74, 6) is 0.824. The predicted molar refractivity (Wildman–Crippen MR) is 82.4 cm³/mol. The maximum absolute atomic E-state index is 12.3. The molecule has 0 N–H and O–H groups in total. The van der Waals surface area contributed by atoms with Crippen molar-refractivity contribution in [3.63, 3.8) is 0 Å². The van der Waals surface area contributed by atoms with Gasteiger partial charge in [0.15, 0.2) is 6.10 Å². The molecular formula is C15H22N2O2S. The fourth-order valence-electron chi connectivity index (χ4n) is 2.19. The molecule has 110 valence electrons. The molecule has 20 heavy (non-hydrogen) atoms. The van der Waals surface area contributed by atoms with Gasteiger partial charge in [-0.15, -0.1) is 11.8 Å². The highest BCUT2D eigenvalue weighted by atomic mass is 32.2. The van der Waals surface area contributed by atoms with E-state index in [1.807, 2.05) is 42.3 Å². The number of likely N-dealkylation sites (N-methyl/N-ethyl adjacent to an activating group) is 1. The van der Waals surface area contributed by atoms with Gasteiger partial charge >= 0.3 is 0 Å². The molecule has 0 aliphatic carbocycles. The molecule has 1 aromatic carbocycles. The van der Waals surface area contributed by atoms with Gasteiger partial charge in [-0.05, 0) is 44.5 Å². The van der Waals surface area contributed by atoms with Crippen LogP contribution in [0.25, 0.3) is 0 Å². The number of carbonyl (C=O) groups is 1. The van der Waals surface area contributed by atoms with Crippen LogP contribution in [0.5, 0.6) is 5.75 Å². The molecule has 4 nitrogen and oxygen atoms in total. The smallest absolute Gasteiger partial charge is 0.263 e. The summed E-state index contributed by atoms with van der Waals surface area (Å²) in [6.45, 7) is 5.26. The van der Waals surface area contributed by atoms with Crippen molar-refractivity contribution in [2.75, 3.05) is 39.5 Å². The Morgan fingerprint density at radius 2 is 1.80 bits per heavy atom. The van der Waals surface area contributed by atoms with Crippen molar-refractivity contribution in [3.05, 3.63) is 24.3 Å². The zero-order chi connectivity index (χ0) is 14.5. The molecule has 5 heteroatoms. The highest BCUT2D eigenvalue weighted by Gasteiger charge is 2.24. The maximum atomic E-state index is 12.3. The lowest BCUT2D eigenvalue weighted by Gasteiger charge is -2.33. The topological polar surface area (TPSA) is 32.8 Å². The highest BCUT2D eigenvalue weighted by Crippen LogP contribution is 2.20. The fraction of sp³-hybridized carbons (Fsp3) is 0.533. The van der Waals surface area contributed by atoms with Crippen LogP contribution in [-0.4, -0.2) is 61.3 Å². The molecule has 0 radical (unpaired) electrons. The molecule has 0 spiro atoms. The molecule has 1 heterocycles. The van der Waals surface area contributed by atoms with Crippen molar-refractivity contribution in [2.24, 2.45) is 0 Å². The highest BCUT2D eigenvalue weighted by molar-refractivity contribution is 7.98. The van der Waals surface area contributed by atoms with Crippen LogP contribution in [0.3, 0.4) is 0 Å². The molecule has 0 aromatic heterocycles. The number of ether oxygens (including phenoxy) is 1. The van der Waals surface area contributed by atoms with Crippen LogP contribution in [-0.2, 0) is 4.79 Å². The van der Waals surface area contributed by atoms with Crippen molar-refractivity contribution in [1.82, 2.24) is 9.80 Å². The van der Waals surface area contributed by atoms with Crippen LogP contribution in [0.15, 0.2) is 29.2 Å². The molecule has 1 fully saturated rings. The summed E-state index contributed by atoms with van der Waals surface area (Å²) < 4.78 is 5.74. The first kappa shape index (κ1) is 15.2. The van der Waals surface area contributed by atoms with Gasteiger partial charge in [0.25, 0.3) is 5.91 Å². The maximum Gasteiger partial charge on any atom is 0.263 e. The first-order chi connectivity index (χ1) is 9.60. The van der Waals surface area contributed by atoms with Crippen molar-refractivity contribution in [3.8, 4) is 5.75 Å². The Balaban J connectivity index is 1.89. The molecule has 1 amide bonds. The third-order valence-electron chi connectivity index (χ3n) is 3.54. The standard InChI is InChI=1S/C15H22N2O2S/c1-12(15(18)17-10-8-16(2)9-11-17)19-13-4-6-14(20-3)7-5-13/h4-7,12H,8-11H2,1-3H3. The monoisotopic (exact) mass is 294 g/mol. The number of hydrogen-bond acceptors (Lipinski definition) is 4. The van der Waals surface area contributed by atoms with E-state index in [4.69, 9.17) is 4.74 Å². The zero-order valence-corrected chi connectivity index (χ0v) is 13.2. The summed E-state index contributed by atoms with van der Waals surface area (Å²) in [6, 6.07) is 7.85. The summed E-state index contributed by atoms with van der Waals surface area (Å²) in [5, 5.41) is 0. The van der Waals surface area contributed by atoms with Crippen molar-refractivity contribution in [2.45, 2.75) is 17.9 Å². The van der Waals surface area contributed by atoms with Gasteiger partial charge in [-0.1, -0.05) is 0 Å². The number of amides is 1. The van der Waals surface area contributed by atoms with Crippen LogP contribution < -0.4 is 4.74 Å². The number of benzene rings is 1.